The van der Waals surface area contributed by atoms with Gasteiger partial charge in [0.25, 0.3) is 0 Å². The zero-order chi connectivity index (χ0) is 15.8. The number of amides is 1. The topological polar surface area (TPSA) is 108 Å². The van der Waals surface area contributed by atoms with Crippen molar-refractivity contribution in [2.45, 2.75) is 13.0 Å². The van der Waals surface area contributed by atoms with Crippen LogP contribution >= 0.6 is 0 Å². The summed E-state index contributed by atoms with van der Waals surface area (Å²) in [5.41, 5.74) is 6.71. The van der Waals surface area contributed by atoms with E-state index in [9.17, 15) is 4.79 Å². The lowest BCUT2D eigenvalue weighted by Crippen LogP contribution is -2.44. The summed E-state index contributed by atoms with van der Waals surface area (Å²) in [6.07, 6.45) is 0. The van der Waals surface area contributed by atoms with E-state index in [1.165, 1.54) is 7.11 Å². The van der Waals surface area contributed by atoms with E-state index in [1.807, 2.05) is 0 Å². The van der Waals surface area contributed by atoms with Gasteiger partial charge >= 0.3 is 0 Å². The van der Waals surface area contributed by atoms with Crippen LogP contribution in [0.2, 0.25) is 0 Å². The van der Waals surface area contributed by atoms with Gasteiger partial charge in [-0.2, -0.15) is 0 Å². The van der Waals surface area contributed by atoms with Crippen LogP contribution in [0.3, 0.4) is 0 Å². The maximum absolute atomic E-state index is 12.3. The van der Waals surface area contributed by atoms with Crippen molar-refractivity contribution in [1.82, 2.24) is 4.90 Å². The molecule has 21 heavy (non-hydrogen) atoms. The predicted molar refractivity (Wildman–Crippen MR) is 81.2 cm³/mol. The quantitative estimate of drug-likeness (QED) is 0.499. The van der Waals surface area contributed by atoms with E-state index >= 15 is 0 Å². The Morgan fingerprint density at radius 1 is 1.38 bits per heavy atom. The van der Waals surface area contributed by atoms with Crippen LogP contribution in [0.5, 0.6) is 5.75 Å². The first-order valence-corrected chi connectivity index (χ1v) is 6.73. The van der Waals surface area contributed by atoms with Crippen LogP contribution in [0, 0.1) is 0 Å². The summed E-state index contributed by atoms with van der Waals surface area (Å²) in [6, 6.07) is 4.47. The van der Waals surface area contributed by atoms with E-state index in [2.05, 4.69) is 5.32 Å². The van der Waals surface area contributed by atoms with Crippen molar-refractivity contribution in [2.75, 3.05) is 44.5 Å². The molecule has 0 aliphatic rings. The van der Waals surface area contributed by atoms with Gasteiger partial charge in [-0.1, -0.05) is 0 Å². The number of carbonyl (C=O) groups is 1. The van der Waals surface area contributed by atoms with Gasteiger partial charge < -0.3 is 26.0 Å². The van der Waals surface area contributed by atoms with Gasteiger partial charge in [-0.25, -0.2) is 0 Å². The Bertz CT molecular complexity index is 462. The van der Waals surface area contributed by atoms with Gasteiger partial charge in [0.15, 0.2) is 0 Å². The molecule has 0 aromatic heterocycles. The molecule has 1 rings (SSSR count). The van der Waals surface area contributed by atoms with E-state index in [0.29, 0.717) is 30.2 Å². The van der Waals surface area contributed by atoms with Gasteiger partial charge in [0.05, 0.1) is 32.1 Å². The van der Waals surface area contributed by atoms with Crippen LogP contribution in [-0.4, -0.2) is 60.5 Å². The zero-order valence-corrected chi connectivity index (χ0v) is 12.4. The van der Waals surface area contributed by atoms with Crippen molar-refractivity contribution in [2.24, 2.45) is 0 Å². The van der Waals surface area contributed by atoms with Gasteiger partial charge in [0.1, 0.15) is 5.75 Å². The number of aliphatic hydroxyl groups excluding tert-OH is 2. The number of anilines is 2. The first-order valence-electron chi connectivity index (χ1n) is 6.73. The second-order valence-electron chi connectivity index (χ2n) is 4.61. The molecular weight excluding hydrogens is 274 g/mol. The Kier molecular flexibility index (Phi) is 6.93. The third kappa shape index (κ3) is 4.89. The van der Waals surface area contributed by atoms with Crippen LogP contribution < -0.4 is 15.8 Å². The maximum atomic E-state index is 12.3. The molecule has 0 aliphatic carbocycles. The number of nitrogens with zero attached hydrogens (tertiary/aromatic N) is 1. The minimum atomic E-state index is -0.504. The second kappa shape index (κ2) is 8.46. The molecule has 0 spiro atoms. The van der Waals surface area contributed by atoms with Crippen molar-refractivity contribution in [3.05, 3.63) is 18.2 Å². The molecule has 5 N–H and O–H groups in total. The number of hydrogen-bond donors (Lipinski definition) is 4. The summed E-state index contributed by atoms with van der Waals surface area (Å²) in [4.78, 5) is 14.0. The third-order valence-electron chi connectivity index (χ3n) is 3.18. The van der Waals surface area contributed by atoms with E-state index in [-0.39, 0.29) is 19.1 Å². The SMILES string of the molecule is COc1ccc(N)cc1NC(=O)C(C)N(CCO)CCO. The van der Waals surface area contributed by atoms with Gasteiger partial charge in [-0.05, 0) is 25.1 Å². The van der Waals surface area contributed by atoms with Gasteiger partial charge in [0, 0.05) is 18.8 Å². The highest BCUT2D eigenvalue weighted by Gasteiger charge is 2.21. The minimum absolute atomic E-state index is 0.0841. The number of hydrogen-bond acceptors (Lipinski definition) is 6. The average molecular weight is 297 g/mol. The fraction of sp³-hybridized carbons (Fsp3) is 0.500. The Morgan fingerprint density at radius 3 is 2.52 bits per heavy atom. The third-order valence-corrected chi connectivity index (χ3v) is 3.18. The monoisotopic (exact) mass is 297 g/mol. The predicted octanol–water partition coefficient (Wildman–Crippen LogP) is -0.109. The number of carbonyl (C=O) groups excluding carboxylic acids is 1. The number of ether oxygens (including phenoxy) is 1. The molecule has 1 aromatic rings. The Morgan fingerprint density at radius 2 is 2.00 bits per heavy atom. The normalized spacial score (nSPS) is 12.2. The Labute approximate surface area is 124 Å². The number of nitrogens with one attached hydrogen (secondary N) is 1. The van der Waals surface area contributed by atoms with Crippen molar-refractivity contribution >= 4 is 17.3 Å². The van der Waals surface area contributed by atoms with Gasteiger partial charge in [0.2, 0.25) is 5.91 Å². The number of aliphatic hydroxyl groups is 2. The van der Waals surface area contributed by atoms with E-state index < -0.39 is 6.04 Å². The first kappa shape index (κ1) is 17.2. The van der Waals surface area contributed by atoms with E-state index in [4.69, 9.17) is 20.7 Å². The van der Waals surface area contributed by atoms with Crippen LogP contribution in [-0.2, 0) is 4.79 Å². The molecule has 1 atom stereocenters. The highest BCUT2D eigenvalue weighted by molar-refractivity contribution is 5.96. The standard InChI is InChI=1S/C14H23N3O4/c1-10(17(5-7-18)6-8-19)14(20)16-12-9-11(15)3-4-13(12)21-2/h3-4,9-10,18-19H,5-8,15H2,1-2H3,(H,16,20). The lowest BCUT2D eigenvalue weighted by atomic mass is 10.2. The fourth-order valence-corrected chi connectivity index (χ4v) is 1.98. The number of rotatable bonds is 8. The summed E-state index contributed by atoms with van der Waals surface area (Å²) in [5.74, 6) is 0.251. The molecule has 7 heteroatoms. The Balaban J connectivity index is 2.81. The number of benzene rings is 1. The van der Waals surface area contributed by atoms with Crippen molar-refractivity contribution in [3.63, 3.8) is 0 Å². The minimum Gasteiger partial charge on any atom is -0.495 e. The first-order chi connectivity index (χ1) is 10.0. The van der Waals surface area contributed by atoms with Crippen LogP contribution in [0.15, 0.2) is 18.2 Å². The van der Waals surface area contributed by atoms with Crippen molar-refractivity contribution in [3.8, 4) is 5.75 Å². The summed E-state index contributed by atoms with van der Waals surface area (Å²) in [5, 5.41) is 20.8. The maximum Gasteiger partial charge on any atom is 0.241 e. The molecule has 0 radical (unpaired) electrons. The summed E-state index contributed by atoms with van der Waals surface area (Å²) in [7, 11) is 1.51. The Hall–Kier alpha value is -1.83. The summed E-state index contributed by atoms with van der Waals surface area (Å²) in [6.45, 7) is 2.16. The lowest BCUT2D eigenvalue weighted by molar-refractivity contribution is -0.121. The highest BCUT2D eigenvalue weighted by atomic mass is 16.5. The van der Waals surface area contributed by atoms with Gasteiger partial charge in [-0.3, -0.25) is 9.69 Å². The molecule has 1 aromatic carbocycles. The molecule has 7 nitrogen and oxygen atoms in total. The van der Waals surface area contributed by atoms with E-state index in [1.54, 1.807) is 30.0 Å². The molecule has 118 valence electrons. The van der Waals surface area contributed by atoms with Crippen molar-refractivity contribution < 1.29 is 19.7 Å². The molecule has 0 heterocycles. The van der Waals surface area contributed by atoms with Crippen LogP contribution in [0.25, 0.3) is 0 Å². The zero-order valence-electron chi connectivity index (χ0n) is 12.4. The molecule has 0 aliphatic heterocycles. The molecule has 0 saturated heterocycles. The van der Waals surface area contributed by atoms with Crippen LogP contribution in [0.1, 0.15) is 6.92 Å². The molecular formula is C14H23N3O4. The van der Waals surface area contributed by atoms with Gasteiger partial charge in [-0.15, -0.1) is 0 Å². The second-order valence-corrected chi connectivity index (χ2v) is 4.61. The molecule has 0 saturated carbocycles. The lowest BCUT2D eigenvalue weighted by Gasteiger charge is -2.27. The average Bonchev–Trinajstić information content (AvgIpc) is 2.46. The smallest absolute Gasteiger partial charge is 0.241 e. The van der Waals surface area contributed by atoms with Crippen LogP contribution in [0.4, 0.5) is 11.4 Å². The van der Waals surface area contributed by atoms with Crippen molar-refractivity contribution in [1.29, 1.82) is 0 Å². The summed E-state index contributed by atoms with van der Waals surface area (Å²) < 4.78 is 5.17. The largest absolute Gasteiger partial charge is 0.495 e. The fourth-order valence-electron chi connectivity index (χ4n) is 1.98. The van der Waals surface area contributed by atoms with E-state index in [0.717, 1.165) is 0 Å². The molecule has 0 fully saturated rings. The molecule has 0 bridgehead atoms. The number of methoxy groups -OCH3 is 1. The highest BCUT2D eigenvalue weighted by Crippen LogP contribution is 2.26. The number of nitrogens with two attached hydrogens (primary N) is 1. The molecule has 1 unspecified atom stereocenters. The summed E-state index contributed by atoms with van der Waals surface area (Å²) >= 11 is 0. The molecule has 1 amide bonds. The number of nitrogen functional groups attached to an aromatic ring is 1.